The quantitative estimate of drug-likeness (QED) is 0.873. The highest BCUT2D eigenvalue weighted by atomic mass is 35.5. The third-order valence-corrected chi connectivity index (χ3v) is 3.57. The lowest BCUT2D eigenvalue weighted by atomic mass is 9.97. The van der Waals surface area contributed by atoms with E-state index < -0.39 is 0 Å². The van der Waals surface area contributed by atoms with Gasteiger partial charge < -0.3 is 14.8 Å². The maximum absolute atomic E-state index is 6.13. The Kier molecular flexibility index (Phi) is 5.48. The van der Waals surface area contributed by atoms with E-state index in [2.05, 4.69) is 18.3 Å². The topological polar surface area (TPSA) is 30.5 Å². The van der Waals surface area contributed by atoms with Crippen LogP contribution in [0.15, 0.2) is 42.5 Å². The Labute approximate surface area is 130 Å². The van der Waals surface area contributed by atoms with E-state index in [4.69, 9.17) is 21.1 Å². The normalized spacial score (nSPS) is 12.0. The minimum atomic E-state index is -0.00116. The molecular formula is C17H20ClNO2. The molecule has 1 atom stereocenters. The first-order chi connectivity index (χ1) is 10.2. The molecule has 1 N–H and O–H groups in total. The molecule has 0 saturated heterocycles. The summed E-state index contributed by atoms with van der Waals surface area (Å²) in [7, 11) is 3.30. The van der Waals surface area contributed by atoms with Crippen LogP contribution in [0.4, 0.5) is 0 Å². The van der Waals surface area contributed by atoms with Crippen molar-refractivity contribution >= 4 is 11.6 Å². The number of ether oxygens (including phenoxy) is 2. The Morgan fingerprint density at radius 1 is 1.10 bits per heavy atom. The molecule has 1 unspecified atom stereocenters. The predicted molar refractivity (Wildman–Crippen MR) is 86.5 cm³/mol. The summed E-state index contributed by atoms with van der Waals surface area (Å²) in [5, 5.41) is 4.19. The summed E-state index contributed by atoms with van der Waals surface area (Å²) in [5.41, 5.74) is 2.12. The number of hydrogen-bond acceptors (Lipinski definition) is 3. The summed E-state index contributed by atoms with van der Waals surface area (Å²) < 4.78 is 10.9. The van der Waals surface area contributed by atoms with E-state index in [9.17, 15) is 0 Å². The van der Waals surface area contributed by atoms with Crippen molar-refractivity contribution in [3.8, 4) is 11.5 Å². The molecule has 0 aromatic heterocycles. The molecule has 0 aliphatic rings. The SMILES string of the molecule is CCNC(c1cccc(Cl)c1)c1cccc(OC)c1OC. The van der Waals surface area contributed by atoms with Gasteiger partial charge in [0.1, 0.15) is 0 Å². The van der Waals surface area contributed by atoms with Crippen LogP contribution in [0.3, 0.4) is 0 Å². The Balaban J connectivity index is 2.52. The van der Waals surface area contributed by atoms with Crippen LogP contribution in [-0.4, -0.2) is 20.8 Å². The van der Waals surface area contributed by atoms with Gasteiger partial charge in [0, 0.05) is 10.6 Å². The molecule has 0 bridgehead atoms. The number of rotatable bonds is 6. The van der Waals surface area contributed by atoms with Gasteiger partial charge in [0.2, 0.25) is 0 Å². The average Bonchev–Trinajstić information content (AvgIpc) is 2.51. The Morgan fingerprint density at radius 3 is 2.48 bits per heavy atom. The second-order valence-electron chi connectivity index (χ2n) is 4.63. The minimum Gasteiger partial charge on any atom is -0.493 e. The Morgan fingerprint density at radius 2 is 1.86 bits per heavy atom. The van der Waals surface area contributed by atoms with Gasteiger partial charge in [-0.25, -0.2) is 0 Å². The van der Waals surface area contributed by atoms with Crippen LogP contribution < -0.4 is 14.8 Å². The number of benzene rings is 2. The molecule has 0 heterocycles. The number of halogens is 1. The van der Waals surface area contributed by atoms with Gasteiger partial charge in [-0.15, -0.1) is 0 Å². The number of nitrogens with one attached hydrogen (secondary N) is 1. The van der Waals surface area contributed by atoms with Gasteiger partial charge in [0.25, 0.3) is 0 Å². The second kappa shape index (κ2) is 7.34. The van der Waals surface area contributed by atoms with Crippen molar-refractivity contribution in [2.24, 2.45) is 0 Å². The van der Waals surface area contributed by atoms with E-state index >= 15 is 0 Å². The lowest BCUT2D eigenvalue weighted by molar-refractivity contribution is 0.349. The standard InChI is InChI=1S/C17H20ClNO2/c1-4-19-16(12-7-5-8-13(18)11-12)14-9-6-10-15(20-2)17(14)21-3/h5-11,16,19H,4H2,1-3H3. The van der Waals surface area contributed by atoms with E-state index in [0.29, 0.717) is 0 Å². The Bertz CT molecular complexity index is 601. The summed E-state index contributed by atoms with van der Waals surface area (Å²) >= 11 is 6.13. The van der Waals surface area contributed by atoms with Gasteiger partial charge in [-0.3, -0.25) is 0 Å². The van der Waals surface area contributed by atoms with E-state index in [-0.39, 0.29) is 6.04 Å². The van der Waals surface area contributed by atoms with Gasteiger partial charge in [0.15, 0.2) is 11.5 Å². The third kappa shape index (κ3) is 3.49. The second-order valence-corrected chi connectivity index (χ2v) is 5.06. The molecule has 21 heavy (non-hydrogen) atoms. The van der Waals surface area contributed by atoms with Crippen molar-refractivity contribution in [2.45, 2.75) is 13.0 Å². The van der Waals surface area contributed by atoms with Gasteiger partial charge in [0.05, 0.1) is 20.3 Å². The molecule has 2 aromatic carbocycles. The number of methoxy groups -OCH3 is 2. The van der Waals surface area contributed by atoms with Crippen LogP contribution in [0.1, 0.15) is 24.1 Å². The third-order valence-electron chi connectivity index (χ3n) is 3.33. The van der Waals surface area contributed by atoms with Crippen LogP contribution in [0.25, 0.3) is 0 Å². The van der Waals surface area contributed by atoms with Crippen LogP contribution in [0.2, 0.25) is 5.02 Å². The highest BCUT2D eigenvalue weighted by molar-refractivity contribution is 6.30. The fourth-order valence-electron chi connectivity index (χ4n) is 2.44. The van der Waals surface area contributed by atoms with Crippen molar-refractivity contribution in [3.63, 3.8) is 0 Å². The highest BCUT2D eigenvalue weighted by Crippen LogP contribution is 2.37. The van der Waals surface area contributed by atoms with Gasteiger partial charge in [-0.05, 0) is 30.3 Å². The Hall–Kier alpha value is -1.71. The first kappa shape index (κ1) is 15.7. The lowest BCUT2D eigenvalue weighted by Crippen LogP contribution is -2.22. The van der Waals surface area contributed by atoms with Crippen LogP contribution in [-0.2, 0) is 0 Å². The van der Waals surface area contributed by atoms with Gasteiger partial charge >= 0.3 is 0 Å². The summed E-state index contributed by atoms with van der Waals surface area (Å²) in [4.78, 5) is 0. The highest BCUT2D eigenvalue weighted by Gasteiger charge is 2.20. The average molecular weight is 306 g/mol. The van der Waals surface area contributed by atoms with Crippen molar-refractivity contribution in [1.29, 1.82) is 0 Å². The van der Waals surface area contributed by atoms with Crippen molar-refractivity contribution in [3.05, 3.63) is 58.6 Å². The monoisotopic (exact) mass is 305 g/mol. The first-order valence-corrected chi connectivity index (χ1v) is 7.28. The maximum Gasteiger partial charge on any atom is 0.165 e. The molecule has 2 aromatic rings. The van der Waals surface area contributed by atoms with Gasteiger partial charge in [-0.2, -0.15) is 0 Å². The molecular weight excluding hydrogens is 286 g/mol. The lowest BCUT2D eigenvalue weighted by Gasteiger charge is -2.22. The molecule has 0 amide bonds. The largest absolute Gasteiger partial charge is 0.493 e. The number of hydrogen-bond donors (Lipinski definition) is 1. The molecule has 0 aliphatic heterocycles. The molecule has 0 radical (unpaired) electrons. The zero-order valence-corrected chi connectivity index (χ0v) is 13.3. The minimum absolute atomic E-state index is 0.00116. The first-order valence-electron chi connectivity index (χ1n) is 6.91. The van der Waals surface area contributed by atoms with Crippen molar-refractivity contribution in [2.75, 3.05) is 20.8 Å². The molecule has 0 aliphatic carbocycles. The molecule has 0 fully saturated rings. The molecule has 2 rings (SSSR count). The fraction of sp³-hybridized carbons (Fsp3) is 0.294. The summed E-state index contributed by atoms with van der Waals surface area (Å²) in [6, 6.07) is 13.7. The molecule has 4 heteroatoms. The van der Waals surface area contributed by atoms with Crippen molar-refractivity contribution < 1.29 is 9.47 Å². The van der Waals surface area contributed by atoms with Crippen LogP contribution in [0.5, 0.6) is 11.5 Å². The number of para-hydroxylation sites is 1. The molecule has 0 saturated carbocycles. The van der Waals surface area contributed by atoms with Crippen molar-refractivity contribution in [1.82, 2.24) is 5.32 Å². The smallest absolute Gasteiger partial charge is 0.165 e. The molecule has 0 spiro atoms. The maximum atomic E-state index is 6.13. The summed E-state index contributed by atoms with van der Waals surface area (Å²) in [6.07, 6.45) is 0. The van der Waals surface area contributed by atoms with E-state index in [1.165, 1.54) is 0 Å². The van der Waals surface area contributed by atoms with Crippen LogP contribution >= 0.6 is 11.6 Å². The van der Waals surface area contributed by atoms with E-state index in [0.717, 1.165) is 34.2 Å². The van der Waals surface area contributed by atoms with Crippen LogP contribution in [0, 0.1) is 0 Å². The van der Waals surface area contributed by atoms with E-state index in [1.807, 2.05) is 36.4 Å². The fourth-order valence-corrected chi connectivity index (χ4v) is 2.64. The van der Waals surface area contributed by atoms with E-state index in [1.54, 1.807) is 14.2 Å². The molecule has 3 nitrogen and oxygen atoms in total. The predicted octanol–water partition coefficient (Wildman–Crippen LogP) is 4.06. The zero-order chi connectivity index (χ0) is 15.2. The summed E-state index contributed by atoms with van der Waals surface area (Å²) in [6.45, 7) is 2.90. The molecule has 112 valence electrons. The van der Waals surface area contributed by atoms with Gasteiger partial charge in [-0.1, -0.05) is 42.8 Å². The zero-order valence-electron chi connectivity index (χ0n) is 12.5. The summed E-state index contributed by atoms with van der Waals surface area (Å²) in [5.74, 6) is 1.46.